The van der Waals surface area contributed by atoms with E-state index < -0.39 is 11.9 Å². The minimum atomic E-state index is -1.07. The number of thiophene rings is 1. The van der Waals surface area contributed by atoms with Gasteiger partial charge in [0.1, 0.15) is 4.88 Å². The molecule has 2 aromatic rings. The first kappa shape index (κ1) is 12.3. The fourth-order valence-corrected chi connectivity index (χ4v) is 2.29. The SMILES string of the molecule is Cc1csc(C(=O)O)c1NC(=O)c1ocnc1C. The quantitative estimate of drug-likeness (QED) is 0.889. The molecule has 2 N–H and O–H groups in total. The van der Waals surface area contributed by atoms with Gasteiger partial charge in [0.05, 0.1) is 11.4 Å². The summed E-state index contributed by atoms with van der Waals surface area (Å²) >= 11 is 1.07. The number of anilines is 1. The molecule has 0 fully saturated rings. The first-order chi connectivity index (χ1) is 8.50. The lowest BCUT2D eigenvalue weighted by molar-refractivity contribution is 0.0703. The highest BCUT2D eigenvalue weighted by atomic mass is 32.1. The van der Waals surface area contributed by atoms with Gasteiger partial charge in [-0.25, -0.2) is 9.78 Å². The predicted octanol–water partition coefficient (Wildman–Crippen LogP) is 2.30. The summed E-state index contributed by atoms with van der Waals surface area (Å²) in [5.41, 5.74) is 1.45. The molecule has 0 saturated carbocycles. The van der Waals surface area contributed by atoms with Gasteiger partial charge in [-0.2, -0.15) is 0 Å². The molecule has 2 rings (SSSR count). The van der Waals surface area contributed by atoms with Gasteiger partial charge in [0.15, 0.2) is 6.39 Å². The summed E-state index contributed by atoms with van der Waals surface area (Å²) in [6, 6.07) is 0. The molecule has 6 nitrogen and oxygen atoms in total. The number of nitrogens with one attached hydrogen (secondary N) is 1. The Bertz CT molecular complexity index is 614. The third-order valence-electron chi connectivity index (χ3n) is 2.36. The van der Waals surface area contributed by atoms with E-state index in [-0.39, 0.29) is 10.6 Å². The Balaban J connectivity index is 2.30. The first-order valence-corrected chi connectivity index (χ1v) is 5.91. The van der Waals surface area contributed by atoms with Crippen molar-refractivity contribution in [3.8, 4) is 0 Å². The van der Waals surface area contributed by atoms with Gasteiger partial charge in [0, 0.05) is 0 Å². The predicted molar refractivity (Wildman–Crippen MR) is 65.2 cm³/mol. The number of carboxylic acid groups (broad SMARTS) is 1. The highest BCUT2D eigenvalue weighted by molar-refractivity contribution is 7.12. The number of hydrogen-bond donors (Lipinski definition) is 2. The number of rotatable bonds is 3. The molecule has 2 aromatic heterocycles. The summed E-state index contributed by atoms with van der Waals surface area (Å²) in [5.74, 6) is -1.50. The van der Waals surface area contributed by atoms with E-state index in [1.165, 1.54) is 6.39 Å². The maximum absolute atomic E-state index is 11.9. The zero-order chi connectivity index (χ0) is 13.3. The minimum absolute atomic E-state index is 0.0805. The standard InChI is InChI=1S/C11H10N2O4S/c1-5-3-18-9(11(15)16)7(5)13-10(14)8-6(2)12-4-17-8/h3-4H,1-2H3,(H,13,14)(H,15,16). The lowest BCUT2D eigenvalue weighted by Gasteiger charge is -2.04. The number of carboxylic acids is 1. The second kappa shape index (κ2) is 4.61. The number of amides is 1. The summed E-state index contributed by atoms with van der Waals surface area (Å²) < 4.78 is 4.95. The van der Waals surface area contributed by atoms with Gasteiger partial charge >= 0.3 is 5.97 Å². The summed E-state index contributed by atoms with van der Waals surface area (Å²) in [6.07, 6.45) is 1.17. The zero-order valence-electron chi connectivity index (χ0n) is 9.68. The van der Waals surface area contributed by atoms with Gasteiger partial charge in [0.25, 0.3) is 5.91 Å². The van der Waals surface area contributed by atoms with E-state index in [4.69, 9.17) is 9.52 Å². The fourth-order valence-electron chi connectivity index (χ4n) is 1.45. The largest absolute Gasteiger partial charge is 0.477 e. The molecule has 0 unspecified atom stereocenters. The van der Waals surface area contributed by atoms with Crippen LogP contribution in [0.2, 0.25) is 0 Å². The average molecular weight is 266 g/mol. The average Bonchev–Trinajstić information content (AvgIpc) is 2.86. The third kappa shape index (κ3) is 2.12. The Hall–Kier alpha value is -2.15. The van der Waals surface area contributed by atoms with Gasteiger partial charge in [-0.3, -0.25) is 4.79 Å². The summed E-state index contributed by atoms with van der Waals surface area (Å²) in [7, 11) is 0. The highest BCUT2D eigenvalue weighted by Crippen LogP contribution is 2.28. The third-order valence-corrected chi connectivity index (χ3v) is 3.45. The molecule has 18 heavy (non-hydrogen) atoms. The van der Waals surface area contributed by atoms with Gasteiger partial charge in [0.2, 0.25) is 5.76 Å². The van der Waals surface area contributed by atoms with Crippen molar-refractivity contribution in [2.24, 2.45) is 0 Å². The molecule has 0 saturated heterocycles. The van der Waals surface area contributed by atoms with Crippen LogP contribution in [0.4, 0.5) is 5.69 Å². The van der Waals surface area contributed by atoms with Crippen LogP contribution in [0.25, 0.3) is 0 Å². The molecular weight excluding hydrogens is 256 g/mol. The number of nitrogens with zero attached hydrogens (tertiary/aromatic N) is 1. The minimum Gasteiger partial charge on any atom is -0.477 e. The van der Waals surface area contributed by atoms with Crippen LogP contribution in [0.3, 0.4) is 0 Å². The van der Waals surface area contributed by atoms with Crippen LogP contribution in [0, 0.1) is 13.8 Å². The number of carbonyl (C=O) groups is 2. The van der Waals surface area contributed by atoms with E-state index in [0.29, 0.717) is 16.9 Å². The Morgan fingerprint density at radius 1 is 1.44 bits per heavy atom. The van der Waals surface area contributed by atoms with Crippen molar-refractivity contribution in [1.29, 1.82) is 0 Å². The lowest BCUT2D eigenvalue weighted by atomic mass is 10.2. The Morgan fingerprint density at radius 2 is 2.17 bits per heavy atom. The maximum atomic E-state index is 11.9. The van der Waals surface area contributed by atoms with Crippen LogP contribution in [0.1, 0.15) is 31.5 Å². The van der Waals surface area contributed by atoms with Gasteiger partial charge in [-0.05, 0) is 24.8 Å². The Labute approximate surface area is 106 Å². The summed E-state index contributed by atoms with van der Waals surface area (Å²) in [4.78, 5) is 26.8. The van der Waals surface area contributed by atoms with Crippen molar-refractivity contribution >= 4 is 28.9 Å². The van der Waals surface area contributed by atoms with E-state index in [1.54, 1.807) is 19.2 Å². The number of aromatic nitrogens is 1. The number of carbonyl (C=O) groups excluding carboxylic acids is 1. The normalized spacial score (nSPS) is 10.3. The fraction of sp³-hybridized carbons (Fsp3) is 0.182. The van der Waals surface area contributed by atoms with E-state index in [9.17, 15) is 9.59 Å². The van der Waals surface area contributed by atoms with Gasteiger partial charge in [-0.15, -0.1) is 11.3 Å². The summed E-state index contributed by atoms with van der Waals surface area (Å²) in [6.45, 7) is 3.36. The van der Waals surface area contributed by atoms with Crippen LogP contribution < -0.4 is 5.32 Å². The van der Waals surface area contributed by atoms with Crippen LogP contribution in [-0.2, 0) is 0 Å². The second-order valence-corrected chi connectivity index (χ2v) is 4.53. The second-order valence-electron chi connectivity index (χ2n) is 3.65. The molecule has 0 aromatic carbocycles. The van der Waals surface area contributed by atoms with Crippen LogP contribution in [0.15, 0.2) is 16.2 Å². The first-order valence-electron chi connectivity index (χ1n) is 5.03. The van der Waals surface area contributed by atoms with Gasteiger partial charge in [-0.1, -0.05) is 0 Å². The smallest absolute Gasteiger partial charge is 0.348 e. The van der Waals surface area contributed by atoms with Crippen molar-refractivity contribution in [3.63, 3.8) is 0 Å². The molecule has 0 bridgehead atoms. The van der Waals surface area contributed by atoms with Crippen LogP contribution >= 0.6 is 11.3 Å². The molecule has 0 aliphatic carbocycles. The maximum Gasteiger partial charge on any atom is 0.348 e. The van der Waals surface area contributed by atoms with Crippen molar-refractivity contribution < 1.29 is 19.1 Å². The number of hydrogen-bond acceptors (Lipinski definition) is 5. The zero-order valence-corrected chi connectivity index (χ0v) is 10.5. The van der Waals surface area contributed by atoms with E-state index in [2.05, 4.69) is 10.3 Å². The molecule has 7 heteroatoms. The molecule has 0 aliphatic rings. The molecule has 0 spiro atoms. The van der Waals surface area contributed by atoms with Crippen LogP contribution in [0.5, 0.6) is 0 Å². The Morgan fingerprint density at radius 3 is 2.72 bits per heavy atom. The van der Waals surface area contributed by atoms with E-state index >= 15 is 0 Å². The van der Waals surface area contributed by atoms with Crippen molar-refractivity contribution in [2.45, 2.75) is 13.8 Å². The number of aryl methyl sites for hydroxylation is 2. The van der Waals surface area contributed by atoms with Gasteiger partial charge < -0.3 is 14.8 Å². The molecule has 0 radical (unpaired) electrons. The van der Waals surface area contributed by atoms with Crippen molar-refractivity contribution in [3.05, 3.63) is 33.7 Å². The topological polar surface area (TPSA) is 92.4 Å². The number of oxazole rings is 1. The van der Waals surface area contributed by atoms with E-state index in [1.807, 2.05) is 0 Å². The van der Waals surface area contributed by atoms with Crippen molar-refractivity contribution in [1.82, 2.24) is 4.98 Å². The molecule has 0 aliphatic heterocycles. The molecule has 0 atom stereocenters. The molecule has 1 amide bonds. The molecule has 2 heterocycles. The summed E-state index contributed by atoms with van der Waals surface area (Å²) in [5, 5.41) is 13.2. The Kier molecular flexibility index (Phi) is 3.15. The molecular formula is C11H10N2O4S. The number of aromatic carboxylic acids is 1. The van der Waals surface area contributed by atoms with E-state index in [0.717, 1.165) is 11.3 Å². The van der Waals surface area contributed by atoms with Crippen molar-refractivity contribution in [2.75, 3.05) is 5.32 Å². The monoisotopic (exact) mass is 266 g/mol. The highest BCUT2D eigenvalue weighted by Gasteiger charge is 2.20. The molecule has 94 valence electrons. The lowest BCUT2D eigenvalue weighted by Crippen LogP contribution is -2.14. The van der Waals surface area contributed by atoms with Crippen LogP contribution in [-0.4, -0.2) is 22.0 Å².